The Hall–Kier alpha value is -2.95. The van der Waals surface area contributed by atoms with Crippen molar-refractivity contribution in [3.8, 4) is 0 Å². The van der Waals surface area contributed by atoms with E-state index in [9.17, 15) is 22.4 Å². The zero-order chi connectivity index (χ0) is 19.9. The molecule has 1 aromatic carbocycles. The molecule has 3 N–H and O–H groups in total. The summed E-state index contributed by atoms with van der Waals surface area (Å²) in [5, 5.41) is 10.7. The van der Waals surface area contributed by atoms with Crippen molar-refractivity contribution in [3.05, 3.63) is 47.4 Å². The molecule has 0 aliphatic rings. The summed E-state index contributed by atoms with van der Waals surface area (Å²) in [4.78, 5) is 16.0. The fourth-order valence-corrected chi connectivity index (χ4v) is 1.95. The van der Waals surface area contributed by atoms with E-state index in [1.165, 1.54) is 19.2 Å². The maximum Gasteiger partial charge on any atom is 0.435 e. The predicted octanol–water partition coefficient (Wildman–Crippen LogP) is 2.80. The summed E-state index contributed by atoms with van der Waals surface area (Å²) in [6.45, 7) is 0.783. The number of benzene rings is 1. The van der Waals surface area contributed by atoms with Gasteiger partial charge in [-0.2, -0.15) is 23.3 Å². The summed E-state index contributed by atoms with van der Waals surface area (Å²) >= 11 is 0. The number of amides is 1. The van der Waals surface area contributed by atoms with Crippen molar-refractivity contribution in [3.63, 3.8) is 0 Å². The number of aromatic amines is 1. The van der Waals surface area contributed by atoms with E-state index in [-0.39, 0.29) is 17.3 Å². The number of carbonyl (C=O) groups is 1. The molecule has 27 heavy (non-hydrogen) atoms. The van der Waals surface area contributed by atoms with E-state index in [0.717, 1.165) is 18.2 Å². The summed E-state index contributed by atoms with van der Waals surface area (Å²) < 4.78 is 55.8. The Kier molecular flexibility index (Phi) is 6.88. The van der Waals surface area contributed by atoms with E-state index in [2.05, 4.69) is 25.8 Å². The van der Waals surface area contributed by atoms with Crippen molar-refractivity contribution in [2.24, 2.45) is 4.99 Å². The van der Waals surface area contributed by atoms with Crippen LogP contribution in [0.3, 0.4) is 0 Å². The lowest BCUT2D eigenvalue weighted by atomic mass is 10.2. The van der Waals surface area contributed by atoms with Gasteiger partial charge in [0.25, 0.3) is 5.91 Å². The first-order chi connectivity index (χ1) is 12.8. The first kappa shape index (κ1) is 20.4. The Morgan fingerprint density at radius 2 is 2.00 bits per heavy atom. The number of nitrogens with zero attached hydrogens (tertiary/aromatic N) is 2. The molecule has 2 rings (SSSR count). The molecule has 0 saturated heterocycles. The van der Waals surface area contributed by atoms with Gasteiger partial charge < -0.3 is 15.4 Å². The minimum Gasteiger partial charge on any atom is -0.385 e. The fourth-order valence-electron chi connectivity index (χ4n) is 1.95. The molecule has 2 aromatic rings. The van der Waals surface area contributed by atoms with Crippen LogP contribution in [0.25, 0.3) is 0 Å². The topological polar surface area (TPSA) is 91.4 Å². The zero-order valence-electron chi connectivity index (χ0n) is 14.2. The highest BCUT2D eigenvalue weighted by molar-refractivity contribution is 6.06. The molecule has 1 amide bonds. The number of hydrogen-bond donors (Lipinski definition) is 3. The van der Waals surface area contributed by atoms with Crippen LogP contribution < -0.4 is 10.6 Å². The number of H-pyrrole nitrogens is 1. The molecule has 0 bridgehead atoms. The standard InChI is InChI=1S/C16H17F4N5O2/c1-27-8-2-7-21-15(22-13-9-12(24-25-13)16(18,19)20)23-14(26)10-3-5-11(17)6-4-10/h3-6,9H,2,7-8H2,1H3,(H3,21,22,23,24,25,26). The second-order valence-corrected chi connectivity index (χ2v) is 5.34. The second kappa shape index (κ2) is 9.12. The molecule has 0 radical (unpaired) electrons. The molecule has 1 aromatic heterocycles. The number of methoxy groups -OCH3 is 1. The van der Waals surface area contributed by atoms with Crippen LogP contribution in [0.1, 0.15) is 22.5 Å². The van der Waals surface area contributed by atoms with Crippen LogP contribution in [-0.2, 0) is 10.9 Å². The van der Waals surface area contributed by atoms with Gasteiger partial charge in [-0.05, 0) is 30.7 Å². The number of guanidine groups is 1. The number of aromatic nitrogens is 2. The Balaban J connectivity index is 2.15. The minimum absolute atomic E-state index is 0.0854. The smallest absolute Gasteiger partial charge is 0.385 e. The Bertz CT molecular complexity index is 787. The predicted molar refractivity (Wildman–Crippen MR) is 89.9 cm³/mol. The summed E-state index contributed by atoms with van der Waals surface area (Å²) in [7, 11) is 1.52. The first-order valence-electron chi connectivity index (χ1n) is 7.80. The SMILES string of the molecule is COCCCN/C(=N/C(=O)c1ccc(F)cc1)Nc1cc(C(F)(F)F)n[nH]1. The Morgan fingerprint density at radius 1 is 1.30 bits per heavy atom. The normalized spacial score (nSPS) is 12.1. The highest BCUT2D eigenvalue weighted by Crippen LogP contribution is 2.28. The molecule has 0 aliphatic carbocycles. The monoisotopic (exact) mass is 387 g/mol. The van der Waals surface area contributed by atoms with Gasteiger partial charge in [0, 0.05) is 31.9 Å². The minimum atomic E-state index is -4.61. The van der Waals surface area contributed by atoms with Gasteiger partial charge >= 0.3 is 6.18 Å². The zero-order valence-corrected chi connectivity index (χ0v) is 14.2. The number of nitrogens with one attached hydrogen (secondary N) is 3. The third kappa shape index (κ3) is 6.37. The number of alkyl halides is 3. The van der Waals surface area contributed by atoms with E-state index in [0.29, 0.717) is 19.6 Å². The number of rotatable bonds is 6. The van der Waals surface area contributed by atoms with Crippen LogP contribution in [0, 0.1) is 5.82 Å². The van der Waals surface area contributed by atoms with E-state index in [1.54, 1.807) is 0 Å². The van der Waals surface area contributed by atoms with Crippen molar-refractivity contribution >= 4 is 17.7 Å². The van der Waals surface area contributed by atoms with Crippen LogP contribution in [0.4, 0.5) is 23.4 Å². The third-order valence-corrected chi connectivity index (χ3v) is 3.24. The van der Waals surface area contributed by atoms with Crippen molar-refractivity contribution in [2.45, 2.75) is 12.6 Å². The van der Waals surface area contributed by atoms with Gasteiger partial charge in [0.2, 0.25) is 5.96 Å². The molecule has 0 atom stereocenters. The highest BCUT2D eigenvalue weighted by Gasteiger charge is 2.34. The van der Waals surface area contributed by atoms with Gasteiger partial charge in [0.05, 0.1) is 0 Å². The molecule has 11 heteroatoms. The number of ether oxygens (including phenoxy) is 1. The highest BCUT2D eigenvalue weighted by atomic mass is 19.4. The molecule has 0 fully saturated rings. The lowest BCUT2D eigenvalue weighted by Crippen LogP contribution is -2.33. The molecule has 146 valence electrons. The second-order valence-electron chi connectivity index (χ2n) is 5.34. The maximum atomic E-state index is 13.0. The van der Waals surface area contributed by atoms with Crippen molar-refractivity contribution in [2.75, 3.05) is 25.6 Å². The van der Waals surface area contributed by atoms with Gasteiger partial charge in [0.1, 0.15) is 11.6 Å². The molecular formula is C16H17F4N5O2. The molecule has 0 saturated carbocycles. The van der Waals surface area contributed by atoms with Gasteiger partial charge in [-0.25, -0.2) is 4.39 Å². The summed E-state index contributed by atoms with van der Waals surface area (Å²) in [6.07, 6.45) is -4.04. The van der Waals surface area contributed by atoms with Gasteiger partial charge in [-0.1, -0.05) is 0 Å². The lowest BCUT2D eigenvalue weighted by Gasteiger charge is -2.10. The number of carbonyl (C=O) groups excluding carboxylic acids is 1. The molecule has 1 heterocycles. The van der Waals surface area contributed by atoms with Crippen LogP contribution in [0.2, 0.25) is 0 Å². The Morgan fingerprint density at radius 3 is 2.59 bits per heavy atom. The van der Waals surface area contributed by atoms with Crippen LogP contribution in [0.15, 0.2) is 35.3 Å². The van der Waals surface area contributed by atoms with Crippen LogP contribution >= 0.6 is 0 Å². The summed E-state index contributed by atoms with van der Waals surface area (Å²) in [5.41, 5.74) is -0.997. The fraction of sp³-hybridized carbons (Fsp3) is 0.312. The quantitative estimate of drug-likeness (QED) is 0.307. The molecular weight excluding hydrogens is 370 g/mol. The molecule has 0 aliphatic heterocycles. The average molecular weight is 387 g/mol. The van der Waals surface area contributed by atoms with E-state index in [4.69, 9.17) is 4.74 Å². The average Bonchev–Trinajstić information content (AvgIpc) is 3.08. The van der Waals surface area contributed by atoms with E-state index < -0.39 is 23.6 Å². The van der Waals surface area contributed by atoms with Crippen molar-refractivity contribution in [1.29, 1.82) is 0 Å². The van der Waals surface area contributed by atoms with Gasteiger partial charge in [0.15, 0.2) is 5.69 Å². The third-order valence-electron chi connectivity index (χ3n) is 3.24. The summed E-state index contributed by atoms with van der Waals surface area (Å²) in [6, 6.07) is 5.46. The summed E-state index contributed by atoms with van der Waals surface area (Å²) in [5.74, 6) is -1.40. The lowest BCUT2D eigenvalue weighted by molar-refractivity contribution is -0.141. The van der Waals surface area contributed by atoms with E-state index in [1.807, 2.05) is 0 Å². The number of hydrogen-bond acceptors (Lipinski definition) is 3. The van der Waals surface area contributed by atoms with Crippen LogP contribution in [-0.4, -0.2) is 42.3 Å². The van der Waals surface area contributed by atoms with Crippen LogP contribution in [0.5, 0.6) is 0 Å². The van der Waals surface area contributed by atoms with Crippen molar-refractivity contribution < 1.29 is 27.1 Å². The first-order valence-corrected chi connectivity index (χ1v) is 7.80. The number of halogens is 4. The number of anilines is 1. The van der Waals surface area contributed by atoms with Gasteiger partial charge in [-0.3, -0.25) is 9.89 Å². The molecule has 7 nitrogen and oxygen atoms in total. The Labute approximate surface area is 151 Å². The largest absolute Gasteiger partial charge is 0.435 e. The maximum absolute atomic E-state index is 13.0. The molecule has 0 spiro atoms. The molecule has 0 unspecified atom stereocenters. The van der Waals surface area contributed by atoms with E-state index >= 15 is 0 Å². The van der Waals surface area contributed by atoms with Crippen molar-refractivity contribution in [1.82, 2.24) is 15.5 Å². The number of aliphatic imine (C=N–C) groups is 1. The van der Waals surface area contributed by atoms with Gasteiger partial charge in [-0.15, -0.1) is 0 Å².